The molecule has 52 valence electrons. The summed E-state index contributed by atoms with van der Waals surface area (Å²) in [5.41, 5.74) is 0. The maximum absolute atomic E-state index is 3.45. The maximum atomic E-state index is 3.45. The summed E-state index contributed by atoms with van der Waals surface area (Å²) in [7, 11) is 0. The van der Waals surface area contributed by atoms with Gasteiger partial charge in [0.25, 0.3) is 0 Å². The minimum Gasteiger partial charge on any atom is -0.130 e. The molecular formula is C7H5BrS2. The van der Waals surface area contributed by atoms with Crippen LogP contribution < -0.4 is 0 Å². The lowest BCUT2D eigenvalue weighted by molar-refractivity contribution is 1.66. The molecule has 0 saturated carbocycles. The van der Waals surface area contributed by atoms with E-state index in [1.807, 2.05) is 22.7 Å². The number of thiophene rings is 2. The first kappa shape index (κ1) is 6.83. The minimum atomic E-state index is 1.23. The SMILES string of the molecule is Cc1cc2cc(Br)sc2s1. The molecule has 2 rings (SSSR count). The van der Waals surface area contributed by atoms with Gasteiger partial charge in [-0.3, -0.25) is 0 Å². The third-order valence-corrected chi connectivity index (χ3v) is 4.12. The molecule has 0 saturated heterocycles. The molecule has 0 radical (unpaired) electrons. The van der Waals surface area contributed by atoms with Crippen molar-refractivity contribution in [1.29, 1.82) is 0 Å². The first-order valence-corrected chi connectivity index (χ1v) is 5.34. The summed E-state index contributed by atoms with van der Waals surface area (Å²) in [6.45, 7) is 2.14. The second kappa shape index (κ2) is 2.32. The Balaban J connectivity index is 2.83. The van der Waals surface area contributed by atoms with Gasteiger partial charge in [0.2, 0.25) is 0 Å². The van der Waals surface area contributed by atoms with Gasteiger partial charge in [-0.05, 0) is 35.0 Å². The molecule has 0 bridgehead atoms. The highest BCUT2D eigenvalue weighted by Crippen LogP contribution is 2.35. The van der Waals surface area contributed by atoms with Gasteiger partial charge in [0.1, 0.15) is 0 Å². The molecule has 0 aromatic carbocycles. The van der Waals surface area contributed by atoms with Gasteiger partial charge in [-0.2, -0.15) is 0 Å². The number of halogens is 1. The first-order valence-electron chi connectivity index (χ1n) is 2.91. The number of aryl methyl sites for hydroxylation is 1. The van der Waals surface area contributed by atoms with E-state index in [-0.39, 0.29) is 0 Å². The average Bonchev–Trinajstić information content (AvgIpc) is 2.21. The zero-order chi connectivity index (χ0) is 7.14. The van der Waals surface area contributed by atoms with Crippen LogP contribution in [0.2, 0.25) is 0 Å². The molecule has 0 spiro atoms. The summed E-state index contributed by atoms with van der Waals surface area (Å²) in [6.07, 6.45) is 0. The fourth-order valence-corrected chi connectivity index (χ4v) is 4.13. The summed E-state index contributed by atoms with van der Waals surface area (Å²) in [6, 6.07) is 4.39. The van der Waals surface area contributed by atoms with Crippen LogP contribution in [0, 0.1) is 6.92 Å². The molecule has 0 fully saturated rings. The molecule has 0 aliphatic heterocycles. The fourth-order valence-electron chi connectivity index (χ4n) is 0.933. The third kappa shape index (κ3) is 1.02. The van der Waals surface area contributed by atoms with Crippen LogP contribution in [0.3, 0.4) is 0 Å². The molecule has 0 aliphatic rings. The van der Waals surface area contributed by atoms with Gasteiger partial charge in [-0.25, -0.2) is 0 Å². The Hall–Kier alpha value is 0.140. The van der Waals surface area contributed by atoms with Gasteiger partial charge in [-0.15, -0.1) is 22.7 Å². The number of hydrogen-bond acceptors (Lipinski definition) is 2. The molecule has 0 unspecified atom stereocenters. The monoisotopic (exact) mass is 232 g/mol. The lowest BCUT2D eigenvalue weighted by Gasteiger charge is -1.73. The van der Waals surface area contributed by atoms with Crippen LogP contribution in [0.15, 0.2) is 15.9 Å². The van der Waals surface area contributed by atoms with E-state index in [0.29, 0.717) is 0 Å². The Kier molecular flexibility index (Phi) is 1.59. The molecule has 10 heavy (non-hydrogen) atoms. The molecule has 0 aliphatic carbocycles. The lowest BCUT2D eigenvalue weighted by atomic mass is 10.4. The van der Waals surface area contributed by atoms with Crippen LogP contribution in [0.25, 0.3) is 9.40 Å². The predicted molar refractivity (Wildman–Crippen MR) is 52.1 cm³/mol. The highest BCUT2D eigenvalue weighted by molar-refractivity contribution is 9.11. The molecule has 0 N–H and O–H groups in total. The van der Waals surface area contributed by atoms with E-state index >= 15 is 0 Å². The summed E-state index contributed by atoms with van der Waals surface area (Å²) in [5, 5.41) is 1.37. The van der Waals surface area contributed by atoms with Crippen molar-refractivity contribution in [1.82, 2.24) is 0 Å². The van der Waals surface area contributed by atoms with E-state index in [2.05, 4.69) is 35.0 Å². The van der Waals surface area contributed by atoms with Crippen molar-refractivity contribution in [2.24, 2.45) is 0 Å². The van der Waals surface area contributed by atoms with E-state index in [9.17, 15) is 0 Å². The number of rotatable bonds is 0. The maximum Gasteiger partial charge on any atom is 0.0879 e. The Morgan fingerprint density at radius 1 is 1.30 bits per heavy atom. The van der Waals surface area contributed by atoms with E-state index in [4.69, 9.17) is 0 Å². The molecule has 0 amide bonds. The van der Waals surface area contributed by atoms with Gasteiger partial charge >= 0.3 is 0 Å². The van der Waals surface area contributed by atoms with Crippen molar-refractivity contribution < 1.29 is 0 Å². The Labute approximate surface area is 75.6 Å². The largest absolute Gasteiger partial charge is 0.130 e. The van der Waals surface area contributed by atoms with Crippen LogP contribution in [-0.2, 0) is 0 Å². The smallest absolute Gasteiger partial charge is 0.0879 e. The van der Waals surface area contributed by atoms with Gasteiger partial charge in [-0.1, -0.05) is 0 Å². The minimum absolute atomic E-state index is 1.23. The molecular weight excluding hydrogens is 228 g/mol. The van der Waals surface area contributed by atoms with Crippen molar-refractivity contribution in [3.05, 3.63) is 20.8 Å². The van der Waals surface area contributed by atoms with Crippen molar-refractivity contribution >= 4 is 48.0 Å². The Bertz CT molecular complexity index is 295. The third-order valence-electron chi connectivity index (χ3n) is 1.31. The van der Waals surface area contributed by atoms with Crippen LogP contribution >= 0.6 is 38.6 Å². The first-order chi connectivity index (χ1) is 4.75. The van der Waals surface area contributed by atoms with Crippen molar-refractivity contribution in [3.8, 4) is 0 Å². The highest BCUT2D eigenvalue weighted by Gasteiger charge is 2.01. The zero-order valence-corrected chi connectivity index (χ0v) is 8.57. The van der Waals surface area contributed by atoms with Crippen LogP contribution in [0.4, 0.5) is 0 Å². The average molecular weight is 233 g/mol. The lowest BCUT2D eigenvalue weighted by Crippen LogP contribution is -1.48. The predicted octanol–water partition coefficient (Wildman–Crippen LogP) is 4.03. The van der Waals surface area contributed by atoms with Crippen molar-refractivity contribution in [3.63, 3.8) is 0 Å². The highest BCUT2D eigenvalue weighted by atomic mass is 79.9. The topological polar surface area (TPSA) is 0 Å². The Morgan fingerprint density at radius 2 is 2.10 bits per heavy atom. The summed E-state index contributed by atoms with van der Waals surface area (Å²) < 4.78 is 2.65. The van der Waals surface area contributed by atoms with E-state index in [1.54, 1.807) is 0 Å². The number of fused-ring (bicyclic) bond motifs is 1. The molecule has 2 aromatic heterocycles. The molecule has 2 aromatic rings. The quantitative estimate of drug-likeness (QED) is 0.644. The second-order valence-corrected chi connectivity index (χ2v) is 6.10. The fraction of sp³-hybridized carbons (Fsp3) is 0.143. The van der Waals surface area contributed by atoms with Crippen LogP contribution in [0.1, 0.15) is 4.88 Å². The molecule has 0 atom stereocenters. The summed E-state index contributed by atoms with van der Waals surface area (Å²) in [5.74, 6) is 0. The van der Waals surface area contributed by atoms with Crippen LogP contribution in [0.5, 0.6) is 0 Å². The van der Waals surface area contributed by atoms with Gasteiger partial charge in [0.15, 0.2) is 0 Å². The second-order valence-electron chi connectivity index (χ2n) is 2.15. The van der Waals surface area contributed by atoms with E-state index in [0.717, 1.165) is 0 Å². The normalized spacial score (nSPS) is 11.0. The van der Waals surface area contributed by atoms with Crippen molar-refractivity contribution in [2.45, 2.75) is 6.92 Å². The molecule has 2 heterocycles. The van der Waals surface area contributed by atoms with Crippen LogP contribution in [-0.4, -0.2) is 0 Å². The Morgan fingerprint density at radius 3 is 2.80 bits per heavy atom. The van der Waals surface area contributed by atoms with Crippen molar-refractivity contribution in [2.75, 3.05) is 0 Å². The summed E-state index contributed by atoms with van der Waals surface area (Å²) in [4.78, 5) is 1.40. The zero-order valence-electron chi connectivity index (χ0n) is 5.35. The van der Waals surface area contributed by atoms with Gasteiger partial charge < -0.3 is 0 Å². The molecule has 0 nitrogen and oxygen atoms in total. The molecule has 3 heteroatoms. The number of hydrogen-bond donors (Lipinski definition) is 0. The van der Waals surface area contributed by atoms with E-state index < -0.39 is 0 Å². The standard InChI is InChI=1S/C7H5BrS2/c1-4-2-5-3-6(8)10-7(5)9-4/h2-3H,1H3. The van der Waals surface area contributed by atoms with E-state index in [1.165, 1.54) is 18.1 Å². The summed E-state index contributed by atoms with van der Waals surface area (Å²) >= 11 is 7.12. The van der Waals surface area contributed by atoms with Gasteiger partial charge in [0.05, 0.1) is 7.80 Å². The van der Waals surface area contributed by atoms with Gasteiger partial charge in [0, 0.05) is 10.3 Å².